The van der Waals surface area contributed by atoms with Crippen LogP contribution in [0.4, 0.5) is 0 Å². The second-order valence-corrected chi connectivity index (χ2v) is 5.85. The summed E-state index contributed by atoms with van der Waals surface area (Å²) in [7, 11) is 0. The van der Waals surface area contributed by atoms with E-state index < -0.39 is 0 Å². The van der Waals surface area contributed by atoms with Gasteiger partial charge in [-0.2, -0.15) is 11.8 Å². The highest BCUT2D eigenvalue weighted by molar-refractivity contribution is 8.00. The van der Waals surface area contributed by atoms with Gasteiger partial charge in [0.05, 0.1) is 5.56 Å². The summed E-state index contributed by atoms with van der Waals surface area (Å²) >= 11 is 1.93. The fraction of sp³-hybridized carbons (Fsp3) is 0.462. The van der Waals surface area contributed by atoms with Gasteiger partial charge in [0.25, 0.3) is 0 Å². The van der Waals surface area contributed by atoms with Crippen LogP contribution in [0.5, 0.6) is 0 Å². The van der Waals surface area contributed by atoms with Crippen LogP contribution in [0.1, 0.15) is 30.1 Å². The van der Waals surface area contributed by atoms with Gasteiger partial charge in [-0.3, -0.25) is 0 Å². The number of ether oxygens (including phenoxy) is 1. The average Bonchev–Trinajstić information content (AvgIpc) is 2.73. The second-order valence-electron chi connectivity index (χ2n) is 4.11. The Kier molecular flexibility index (Phi) is 3.88. The van der Waals surface area contributed by atoms with Gasteiger partial charge in [-0.05, 0) is 25.0 Å². The van der Waals surface area contributed by atoms with Crippen LogP contribution < -0.4 is 0 Å². The molecule has 0 radical (unpaired) electrons. The monoisotopic (exact) mass is 236 g/mol. The SMILES string of the molecule is CC1CC[C@H](COC(=O)c2ccccc2)S1. The average molecular weight is 236 g/mol. The van der Waals surface area contributed by atoms with Gasteiger partial charge < -0.3 is 4.74 Å². The van der Waals surface area contributed by atoms with Gasteiger partial charge >= 0.3 is 5.97 Å². The Bertz CT molecular complexity index is 350. The summed E-state index contributed by atoms with van der Waals surface area (Å²) in [5, 5.41) is 1.20. The van der Waals surface area contributed by atoms with Crippen molar-refractivity contribution >= 4 is 17.7 Å². The minimum atomic E-state index is -0.208. The van der Waals surface area contributed by atoms with Crippen LogP contribution >= 0.6 is 11.8 Å². The molecule has 86 valence electrons. The molecule has 1 aromatic rings. The van der Waals surface area contributed by atoms with E-state index in [4.69, 9.17) is 4.74 Å². The molecule has 1 aliphatic rings. The summed E-state index contributed by atoms with van der Waals surface area (Å²) in [6.07, 6.45) is 2.39. The highest BCUT2D eigenvalue weighted by atomic mass is 32.2. The van der Waals surface area contributed by atoms with Gasteiger partial charge in [-0.25, -0.2) is 4.79 Å². The van der Waals surface area contributed by atoms with Crippen molar-refractivity contribution in [3.8, 4) is 0 Å². The van der Waals surface area contributed by atoms with Crippen LogP contribution in [-0.4, -0.2) is 23.1 Å². The second kappa shape index (κ2) is 5.39. The third-order valence-electron chi connectivity index (χ3n) is 2.73. The molecule has 0 aromatic heterocycles. The lowest BCUT2D eigenvalue weighted by molar-refractivity contribution is 0.0506. The highest BCUT2D eigenvalue weighted by Gasteiger charge is 2.23. The number of carbonyl (C=O) groups is 1. The van der Waals surface area contributed by atoms with E-state index in [1.54, 1.807) is 12.1 Å². The van der Waals surface area contributed by atoms with Crippen molar-refractivity contribution in [2.24, 2.45) is 0 Å². The quantitative estimate of drug-likeness (QED) is 0.754. The van der Waals surface area contributed by atoms with Crippen LogP contribution in [0, 0.1) is 0 Å². The first-order valence-corrected chi connectivity index (χ1v) is 6.57. The van der Waals surface area contributed by atoms with Crippen molar-refractivity contribution in [1.29, 1.82) is 0 Å². The van der Waals surface area contributed by atoms with Gasteiger partial charge in [0, 0.05) is 10.5 Å². The van der Waals surface area contributed by atoms with Crippen molar-refractivity contribution in [3.63, 3.8) is 0 Å². The summed E-state index contributed by atoms with van der Waals surface area (Å²) in [6.45, 7) is 2.77. The molecule has 2 atom stereocenters. The first kappa shape index (κ1) is 11.5. The number of hydrogen-bond donors (Lipinski definition) is 0. The van der Waals surface area contributed by atoms with Crippen molar-refractivity contribution < 1.29 is 9.53 Å². The van der Waals surface area contributed by atoms with E-state index in [1.165, 1.54) is 6.42 Å². The molecule has 2 rings (SSSR count). The molecule has 1 heterocycles. The summed E-state index contributed by atoms with van der Waals surface area (Å²) < 4.78 is 5.30. The molecule has 16 heavy (non-hydrogen) atoms. The molecule has 1 unspecified atom stereocenters. The van der Waals surface area contributed by atoms with E-state index in [2.05, 4.69) is 6.92 Å². The lowest BCUT2D eigenvalue weighted by Crippen LogP contribution is -2.14. The van der Waals surface area contributed by atoms with Crippen molar-refractivity contribution in [3.05, 3.63) is 35.9 Å². The largest absolute Gasteiger partial charge is 0.461 e. The van der Waals surface area contributed by atoms with Crippen molar-refractivity contribution in [1.82, 2.24) is 0 Å². The summed E-state index contributed by atoms with van der Waals surface area (Å²) in [5.41, 5.74) is 0.638. The summed E-state index contributed by atoms with van der Waals surface area (Å²) in [6, 6.07) is 9.16. The number of benzene rings is 1. The van der Waals surface area contributed by atoms with E-state index in [-0.39, 0.29) is 5.97 Å². The fourth-order valence-electron chi connectivity index (χ4n) is 1.83. The van der Waals surface area contributed by atoms with Crippen molar-refractivity contribution in [2.45, 2.75) is 30.3 Å². The van der Waals surface area contributed by atoms with Gasteiger partial charge in [0.1, 0.15) is 6.61 Å². The van der Waals surface area contributed by atoms with E-state index in [1.807, 2.05) is 30.0 Å². The maximum Gasteiger partial charge on any atom is 0.338 e. The topological polar surface area (TPSA) is 26.3 Å². The number of carbonyl (C=O) groups excluding carboxylic acids is 1. The Morgan fingerprint density at radius 1 is 1.38 bits per heavy atom. The van der Waals surface area contributed by atoms with E-state index in [0.29, 0.717) is 22.7 Å². The molecule has 0 bridgehead atoms. The molecule has 1 saturated heterocycles. The molecule has 0 amide bonds. The van der Waals surface area contributed by atoms with Gasteiger partial charge in [0.2, 0.25) is 0 Å². The summed E-state index contributed by atoms with van der Waals surface area (Å²) in [4.78, 5) is 11.7. The van der Waals surface area contributed by atoms with Gasteiger partial charge in [-0.1, -0.05) is 25.1 Å². The molecular weight excluding hydrogens is 220 g/mol. The Morgan fingerprint density at radius 2 is 2.12 bits per heavy atom. The predicted molar refractivity (Wildman–Crippen MR) is 66.8 cm³/mol. The summed E-state index contributed by atoms with van der Waals surface area (Å²) in [5.74, 6) is -0.208. The van der Waals surface area contributed by atoms with Gasteiger partial charge in [0.15, 0.2) is 0 Å². The van der Waals surface area contributed by atoms with Crippen LogP contribution in [0.2, 0.25) is 0 Å². The molecule has 0 N–H and O–H groups in total. The van der Waals surface area contributed by atoms with Crippen LogP contribution in [0.15, 0.2) is 30.3 Å². The highest BCUT2D eigenvalue weighted by Crippen LogP contribution is 2.33. The zero-order chi connectivity index (χ0) is 11.4. The normalized spacial score (nSPS) is 24.3. The third kappa shape index (κ3) is 3.01. The fourth-order valence-corrected chi connectivity index (χ4v) is 3.18. The first-order valence-electron chi connectivity index (χ1n) is 5.63. The standard InChI is InChI=1S/C13H16O2S/c1-10-7-8-12(16-10)9-15-13(14)11-5-3-2-4-6-11/h2-6,10,12H,7-9H2,1H3/t10?,12-/m1/s1. The molecule has 1 aliphatic heterocycles. The third-order valence-corrected chi connectivity index (χ3v) is 4.19. The minimum absolute atomic E-state index is 0.208. The number of rotatable bonds is 3. The molecule has 3 heteroatoms. The predicted octanol–water partition coefficient (Wildman–Crippen LogP) is 3.13. The maximum atomic E-state index is 11.7. The smallest absolute Gasteiger partial charge is 0.338 e. The lowest BCUT2D eigenvalue weighted by Gasteiger charge is -2.10. The number of hydrogen-bond acceptors (Lipinski definition) is 3. The molecule has 0 spiro atoms. The lowest BCUT2D eigenvalue weighted by atomic mass is 10.2. The van der Waals surface area contributed by atoms with E-state index >= 15 is 0 Å². The molecule has 1 aromatic carbocycles. The van der Waals surface area contributed by atoms with E-state index in [0.717, 1.165) is 6.42 Å². The maximum absolute atomic E-state index is 11.7. The molecular formula is C13H16O2S. The van der Waals surface area contributed by atoms with E-state index in [9.17, 15) is 4.79 Å². The minimum Gasteiger partial charge on any atom is -0.461 e. The van der Waals surface area contributed by atoms with Crippen LogP contribution in [0.3, 0.4) is 0 Å². The van der Waals surface area contributed by atoms with Crippen molar-refractivity contribution in [2.75, 3.05) is 6.61 Å². The zero-order valence-electron chi connectivity index (χ0n) is 9.39. The molecule has 0 aliphatic carbocycles. The first-order chi connectivity index (χ1) is 7.75. The Morgan fingerprint density at radius 3 is 2.75 bits per heavy atom. The van der Waals surface area contributed by atoms with Crippen LogP contribution in [-0.2, 0) is 4.74 Å². The molecule has 0 saturated carbocycles. The molecule has 1 fully saturated rings. The Hall–Kier alpha value is -0.960. The molecule has 2 nitrogen and oxygen atoms in total. The van der Waals surface area contributed by atoms with Crippen LogP contribution in [0.25, 0.3) is 0 Å². The number of esters is 1. The Balaban J connectivity index is 1.80. The zero-order valence-corrected chi connectivity index (χ0v) is 10.2. The Labute approximate surface area is 100 Å². The van der Waals surface area contributed by atoms with Gasteiger partial charge in [-0.15, -0.1) is 0 Å². The number of thioether (sulfide) groups is 1.